The molecule has 2 heterocycles. The molecule has 4 aromatic rings. The molecule has 0 bridgehead atoms. The van der Waals surface area contributed by atoms with Crippen molar-refractivity contribution in [1.82, 2.24) is 30.5 Å². The van der Waals surface area contributed by atoms with Crippen LogP contribution < -0.4 is 5.32 Å². The highest BCUT2D eigenvalue weighted by Gasteiger charge is 2.14. The van der Waals surface area contributed by atoms with Gasteiger partial charge >= 0.3 is 0 Å². The Bertz CT molecular complexity index is 1120. The Morgan fingerprint density at radius 3 is 2.69 bits per heavy atom. The van der Waals surface area contributed by atoms with Crippen molar-refractivity contribution in [2.45, 2.75) is 26.8 Å². The molecule has 0 spiro atoms. The number of tetrazole rings is 1. The smallest absolute Gasteiger partial charge is 0.251 e. The summed E-state index contributed by atoms with van der Waals surface area (Å²) >= 11 is 1.51. The van der Waals surface area contributed by atoms with E-state index in [1.165, 1.54) is 16.9 Å². The van der Waals surface area contributed by atoms with Gasteiger partial charge in [0.05, 0.1) is 17.7 Å². The van der Waals surface area contributed by atoms with Crippen LogP contribution in [0.3, 0.4) is 0 Å². The fraction of sp³-hybridized carbons (Fsp3) is 0.190. The van der Waals surface area contributed by atoms with Crippen molar-refractivity contribution in [2.75, 3.05) is 0 Å². The van der Waals surface area contributed by atoms with Crippen molar-refractivity contribution in [2.24, 2.45) is 0 Å². The molecular formula is C21H20N6OS. The number of hydrogen-bond acceptors (Lipinski definition) is 6. The normalized spacial score (nSPS) is 10.8. The summed E-state index contributed by atoms with van der Waals surface area (Å²) in [5.41, 5.74) is 6.21. The molecule has 0 aliphatic heterocycles. The van der Waals surface area contributed by atoms with Gasteiger partial charge in [-0.25, -0.2) is 0 Å². The molecule has 4 rings (SSSR count). The fourth-order valence-electron chi connectivity index (χ4n) is 3.00. The lowest BCUT2D eigenvalue weighted by Crippen LogP contribution is -2.22. The maximum Gasteiger partial charge on any atom is 0.251 e. The van der Waals surface area contributed by atoms with E-state index in [0.29, 0.717) is 18.5 Å². The average molecular weight is 404 g/mol. The van der Waals surface area contributed by atoms with Gasteiger partial charge in [-0.15, -0.1) is 16.4 Å². The Morgan fingerprint density at radius 1 is 1.14 bits per heavy atom. The van der Waals surface area contributed by atoms with Crippen LogP contribution in [0.5, 0.6) is 0 Å². The van der Waals surface area contributed by atoms with Gasteiger partial charge in [0.2, 0.25) is 0 Å². The molecule has 1 N–H and O–H groups in total. The van der Waals surface area contributed by atoms with E-state index in [0.717, 1.165) is 27.5 Å². The molecule has 29 heavy (non-hydrogen) atoms. The minimum absolute atomic E-state index is 0.153. The Labute approximate surface area is 172 Å². The molecule has 0 aliphatic carbocycles. The number of carbonyl (C=O) groups excluding carboxylic acids is 1. The summed E-state index contributed by atoms with van der Waals surface area (Å²) in [7, 11) is 0. The standard InChI is InChI=1S/C21H20N6OS/c1-3-20-24-25-26-27(20)18-9-16(15-6-4-14(2)5-7-15)8-17(10-18)21(28)23-12-19-11-22-13-29-19/h4-11,13H,3,12H2,1-2H3,(H,23,28). The first-order valence-electron chi connectivity index (χ1n) is 9.29. The van der Waals surface area contributed by atoms with Gasteiger partial charge in [-0.05, 0) is 46.7 Å². The van der Waals surface area contributed by atoms with Gasteiger partial charge in [-0.1, -0.05) is 36.8 Å². The summed E-state index contributed by atoms with van der Waals surface area (Å²) in [5, 5.41) is 14.9. The molecule has 0 fully saturated rings. The summed E-state index contributed by atoms with van der Waals surface area (Å²) in [6.07, 6.45) is 2.45. The molecule has 2 aromatic heterocycles. The minimum atomic E-state index is -0.153. The highest BCUT2D eigenvalue weighted by Crippen LogP contribution is 2.25. The van der Waals surface area contributed by atoms with Crippen LogP contribution in [0.25, 0.3) is 16.8 Å². The van der Waals surface area contributed by atoms with E-state index >= 15 is 0 Å². The quantitative estimate of drug-likeness (QED) is 0.531. The number of carbonyl (C=O) groups is 1. The Hall–Kier alpha value is -3.39. The molecule has 7 nitrogen and oxygen atoms in total. The van der Waals surface area contributed by atoms with Crippen molar-refractivity contribution in [1.29, 1.82) is 0 Å². The zero-order valence-corrected chi connectivity index (χ0v) is 17.0. The lowest BCUT2D eigenvalue weighted by molar-refractivity contribution is 0.0951. The highest BCUT2D eigenvalue weighted by atomic mass is 32.1. The van der Waals surface area contributed by atoms with E-state index in [4.69, 9.17) is 0 Å². The average Bonchev–Trinajstić information content (AvgIpc) is 3.44. The van der Waals surface area contributed by atoms with Gasteiger partial charge in [0.15, 0.2) is 5.82 Å². The van der Waals surface area contributed by atoms with Crippen molar-refractivity contribution in [3.63, 3.8) is 0 Å². The van der Waals surface area contributed by atoms with Crippen LogP contribution in [0.15, 0.2) is 54.2 Å². The Kier molecular flexibility index (Phi) is 5.44. The molecule has 1 amide bonds. The van der Waals surface area contributed by atoms with Crippen molar-refractivity contribution < 1.29 is 4.79 Å². The van der Waals surface area contributed by atoms with E-state index in [1.54, 1.807) is 16.4 Å². The zero-order chi connectivity index (χ0) is 20.2. The predicted molar refractivity (Wildman–Crippen MR) is 112 cm³/mol. The zero-order valence-electron chi connectivity index (χ0n) is 16.2. The molecule has 146 valence electrons. The number of benzene rings is 2. The molecule has 0 atom stereocenters. The number of nitrogens with one attached hydrogen (secondary N) is 1. The summed E-state index contributed by atoms with van der Waals surface area (Å²) in [6, 6.07) is 13.9. The van der Waals surface area contributed by atoms with Crippen LogP contribution in [0, 0.1) is 6.92 Å². The van der Waals surface area contributed by atoms with Gasteiger partial charge in [0, 0.05) is 23.1 Å². The number of aromatic nitrogens is 5. The SMILES string of the molecule is CCc1nnnn1-c1cc(C(=O)NCc2cncs2)cc(-c2ccc(C)cc2)c1. The summed E-state index contributed by atoms with van der Waals surface area (Å²) in [6.45, 7) is 4.49. The van der Waals surface area contributed by atoms with Crippen LogP contribution in [0.1, 0.15) is 33.5 Å². The van der Waals surface area contributed by atoms with E-state index in [9.17, 15) is 4.79 Å². The number of amides is 1. The predicted octanol–water partition coefficient (Wildman–Crippen LogP) is 3.59. The Balaban J connectivity index is 1.73. The van der Waals surface area contributed by atoms with Gasteiger partial charge in [-0.3, -0.25) is 9.78 Å². The second-order valence-corrected chi connectivity index (χ2v) is 7.62. The summed E-state index contributed by atoms with van der Waals surface area (Å²) < 4.78 is 1.68. The van der Waals surface area contributed by atoms with Crippen LogP contribution in [-0.4, -0.2) is 31.1 Å². The maximum atomic E-state index is 12.9. The lowest BCUT2D eigenvalue weighted by Gasteiger charge is -2.11. The molecule has 8 heteroatoms. The monoisotopic (exact) mass is 404 g/mol. The van der Waals surface area contributed by atoms with E-state index in [-0.39, 0.29) is 5.91 Å². The molecule has 0 aliphatic rings. The molecule has 0 radical (unpaired) electrons. The second-order valence-electron chi connectivity index (χ2n) is 6.65. The molecular weight excluding hydrogens is 384 g/mol. The molecule has 0 saturated heterocycles. The van der Waals surface area contributed by atoms with Crippen molar-refractivity contribution >= 4 is 17.2 Å². The number of aryl methyl sites for hydroxylation is 2. The van der Waals surface area contributed by atoms with Crippen molar-refractivity contribution in [3.8, 4) is 16.8 Å². The fourth-order valence-corrected chi connectivity index (χ4v) is 3.54. The van der Waals surface area contributed by atoms with Gasteiger partial charge in [0.1, 0.15) is 0 Å². The summed E-state index contributed by atoms with van der Waals surface area (Å²) in [5.74, 6) is 0.585. The number of thiazole rings is 1. The van der Waals surface area contributed by atoms with E-state index in [2.05, 4.69) is 38.0 Å². The third-order valence-corrected chi connectivity index (χ3v) is 5.35. The first-order valence-corrected chi connectivity index (χ1v) is 10.2. The number of rotatable bonds is 6. The van der Waals surface area contributed by atoms with Crippen LogP contribution in [-0.2, 0) is 13.0 Å². The first kappa shape index (κ1) is 18.9. The molecule has 2 aromatic carbocycles. The maximum absolute atomic E-state index is 12.9. The van der Waals surface area contributed by atoms with E-state index < -0.39 is 0 Å². The summed E-state index contributed by atoms with van der Waals surface area (Å²) in [4.78, 5) is 17.9. The first-order chi connectivity index (χ1) is 14.1. The Morgan fingerprint density at radius 2 is 1.97 bits per heavy atom. The molecule has 0 saturated carbocycles. The van der Waals surface area contributed by atoms with Crippen molar-refractivity contribution in [3.05, 3.63) is 76.0 Å². The van der Waals surface area contributed by atoms with Crippen LogP contribution in [0.4, 0.5) is 0 Å². The van der Waals surface area contributed by atoms with Gasteiger partial charge < -0.3 is 5.32 Å². The topological polar surface area (TPSA) is 85.6 Å². The third kappa shape index (κ3) is 4.22. The third-order valence-electron chi connectivity index (χ3n) is 4.57. The highest BCUT2D eigenvalue weighted by molar-refractivity contribution is 7.09. The van der Waals surface area contributed by atoms with Crippen LogP contribution in [0.2, 0.25) is 0 Å². The van der Waals surface area contributed by atoms with E-state index in [1.807, 2.05) is 44.2 Å². The minimum Gasteiger partial charge on any atom is -0.347 e. The van der Waals surface area contributed by atoms with Gasteiger partial charge in [-0.2, -0.15) is 4.68 Å². The largest absolute Gasteiger partial charge is 0.347 e. The lowest BCUT2D eigenvalue weighted by atomic mass is 10.0. The van der Waals surface area contributed by atoms with Crippen LogP contribution >= 0.6 is 11.3 Å². The van der Waals surface area contributed by atoms with Gasteiger partial charge in [0.25, 0.3) is 5.91 Å². The molecule has 0 unspecified atom stereocenters. The number of hydrogen-bond donors (Lipinski definition) is 1. The number of nitrogens with zero attached hydrogens (tertiary/aromatic N) is 5. The second kappa shape index (κ2) is 8.32.